The average Bonchev–Trinajstić information content (AvgIpc) is 2.64. The molecule has 2 nitrogen and oxygen atoms in total. The van der Waals surface area contributed by atoms with Gasteiger partial charge >= 0.3 is 0 Å². The van der Waals surface area contributed by atoms with E-state index in [0.29, 0.717) is 11.3 Å². The van der Waals surface area contributed by atoms with Crippen LogP contribution in [0.2, 0.25) is 0 Å². The molecular formula is C26H33N2+. The topological polar surface area (TPSA) is 16.8 Å². The van der Waals surface area contributed by atoms with Crippen LogP contribution in [0.5, 0.6) is 0 Å². The zero-order chi connectivity index (χ0) is 20.1. The zero-order valence-electron chi connectivity index (χ0n) is 18.3. The van der Waals surface area contributed by atoms with Gasteiger partial charge in [-0.3, -0.25) is 0 Å². The molecule has 0 amide bonds. The summed E-state index contributed by atoms with van der Waals surface area (Å²) < 4.78 is 2.17. The van der Waals surface area contributed by atoms with E-state index in [9.17, 15) is 0 Å². The first-order chi connectivity index (χ1) is 13.2. The molecule has 0 N–H and O–H groups in total. The lowest BCUT2D eigenvalue weighted by molar-refractivity contribution is -0.662. The van der Waals surface area contributed by atoms with Crippen molar-refractivity contribution in [3.8, 4) is 11.3 Å². The van der Waals surface area contributed by atoms with Gasteiger partial charge in [0.05, 0.1) is 12.4 Å². The van der Waals surface area contributed by atoms with Gasteiger partial charge in [0.2, 0.25) is 0 Å². The van der Waals surface area contributed by atoms with Crippen molar-refractivity contribution in [1.82, 2.24) is 4.98 Å². The molecule has 1 heterocycles. The number of benzene rings is 2. The molecule has 2 heteroatoms. The quantitative estimate of drug-likeness (QED) is 0.479. The fraction of sp³-hybridized carbons (Fsp3) is 0.462. The summed E-state index contributed by atoms with van der Waals surface area (Å²) in [5.74, 6) is 0.680. The van der Waals surface area contributed by atoms with Crippen molar-refractivity contribution < 1.29 is 4.57 Å². The number of nitrogens with zero attached hydrogens (tertiary/aromatic N) is 2. The standard InChI is InChI=1S/C26H33N2/c1-17-13-18(2)19(3)23(14-17)25-22-8-7-21(15-24(22)27-16-28(25)6)20-9-11-26(4,5)12-10-20/h7-8,13-16,20H,9-12H2,1-6H3/q+1. The highest BCUT2D eigenvalue weighted by atomic mass is 15.0. The molecule has 3 aromatic rings. The van der Waals surface area contributed by atoms with Gasteiger partial charge in [0.1, 0.15) is 5.69 Å². The highest BCUT2D eigenvalue weighted by Gasteiger charge is 2.28. The lowest BCUT2D eigenvalue weighted by atomic mass is 9.71. The van der Waals surface area contributed by atoms with E-state index >= 15 is 0 Å². The maximum Gasteiger partial charge on any atom is 0.287 e. The number of hydrogen-bond acceptors (Lipinski definition) is 1. The van der Waals surface area contributed by atoms with E-state index in [0.717, 1.165) is 5.52 Å². The number of hydrogen-bond donors (Lipinski definition) is 0. The normalized spacial score (nSPS) is 17.2. The minimum Gasteiger partial charge on any atom is -0.232 e. The van der Waals surface area contributed by atoms with Crippen molar-refractivity contribution in [1.29, 1.82) is 0 Å². The summed E-state index contributed by atoms with van der Waals surface area (Å²) in [5.41, 5.74) is 9.69. The second-order valence-corrected chi connectivity index (χ2v) is 9.67. The molecule has 146 valence electrons. The predicted octanol–water partition coefficient (Wildman–Crippen LogP) is 6.34. The molecule has 0 aliphatic heterocycles. The van der Waals surface area contributed by atoms with Gasteiger partial charge in [-0.15, -0.1) is 0 Å². The molecule has 0 unspecified atom stereocenters. The van der Waals surface area contributed by atoms with Gasteiger partial charge in [-0.25, -0.2) is 4.57 Å². The van der Waals surface area contributed by atoms with Crippen LogP contribution < -0.4 is 4.57 Å². The van der Waals surface area contributed by atoms with Crippen LogP contribution in [0.3, 0.4) is 0 Å². The molecule has 1 fully saturated rings. The SMILES string of the molecule is Cc1cc(C)c(C)c(-c2c3ccc(C4CCC(C)(C)CC4)cc3nc[n+]2C)c1. The van der Waals surface area contributed by atoms with E-state index in [4.69, 9.17) is 4.98 Å². The molecule has 1 aliphatic rings. The van der Waals surface area contributed by atoms with Crippen LogP contribution in [-0.4, -0.2) is 4.98 Å². The maximum atomic E-state index is 4.79. The van der Waals surface area contributed by atoms with Gasteiger partial charge in [0, 0.05) is 5.56 Å². The molecule has 28 heavy (non-hydrogen) atoms. The monoisotopic (exact) mass is 373 g/mol. The van der Waals surface area contributed by atoms with Crippen LogP contribution in [0.4, 0.5) is 0 Å². The van der Waals surface area contributed by atoms with Crippen molar-refractivity contribution in [2.45, 2.75) is 66.2 Å². The molecule has 0 atom stereocenters. The Morgan fingerprint density at radius 1 is 1.00 bits per heavy atom. The third-order valence-electron chi connectivity index (χ3n) is 6.88. The molecule has 0 radical (unpaired) electrons. The Labute approximate surface area is 169 Å². The van der Waals surface area contributed by atoms with E-state index in [1.807, 2.05) is 6.33 Å². The van der Waals surface area contributed by atoms with Crippen LogP contribution in [0.15, 0.2) is 36.7 Å². The molecule has 1 aromatic heterocycles. The lowest BCUT2D eigenvalue weighted by Gasteiger charge is -2.34. The van der Waals surface area contributed by atoms with Crippen LogP contribution in [0.25, 0.3) is 22.2 Å². The third-order valence-corrected chi connectivity index (χ3v) is 6.88. The number of aromatic nitrogens is 2. The summed E-state index contributed by atoms with van der Waals surface area (Å²) in [6.45, 7) is 11.4. The highest BCUT2D eigenvalue weighted by Crippen LogP contribution is 2.43. The molecule has 0 saturated heterocycles. The van der Waals surface area contributed by atoms with E-state index in [1.54, 1.807) is 0 Å². The summed E-state index contributed by atoms with van der Waals surface area (Å²) in [5, 5.41) is 1.25. The lowest BCUT2D eigenvalue weighted by Crippen LogP contribution is -2.32. The van der Waals surface area contributed by atoms with Gasteiger partial charge in [-0.2, -0.15) is 0 Å². The first kappa shape index (κ1) is 19.1. The number of fused-ring (bicyclic) bond motifs is 1. The minimum absolute atomic E-state index is 0.507. The van der Waals surface area contributed by atoms with Crippen molar-refractivity contribution in [3.63, 3.8) is 0 Å². The molecule has 2 aromatic carbocycles. The Bertz CT molecular complexity index is 1040. The van der Waals surface area contributed by atoms with E-state index in [2.05, 4.69) is 76.6 Å². The van der Waals surface area contributed by atoms with Crippen LogP contribution >= 0.6 is 0 Å². The first-order valence-electron chi connectivity index (χ1n) is 10.6. The van der Waals surface area contributed by atoms with Crippen molar-refractivity contribution in [2.24, 2.45) is 12.5 Å². The number of aryl methyl sites for hydroxylation is 3. The van der Waals surface area contributed by atoms with E-state index in [1.165, 1.54) is 64.6 Å². The highest BCUT2D eigenvalue weighted by molar-refractivity contribution is 5.92. The fourth-order valence-corrected chi connectivity index (χ4v) is 4.86. The van der Waals surface area contributed by atoms with Crippen LogP contribution in [-0.2, 0) is 7.05 Å². The largest absolute Gasteiger partial charge is 0.287 e. The summed E-state index contributed by atoms with van der Waals surface area (Å²) >= 11 is 0. The van der Waals surface area contributed by atoms with Crippen LogP contribution in [0, 0.1) is 26.2 Å². The first-order valence-corrected chi connectivity index (χ1v) is 10.6. The average molecular weight is 374 g/mol. The van der Waals surface area contributed by atoms with E-state index in [-0.39, 0.29) is 0 Å². The van der Waals surface area contributed by atoms with E-state index < -0.39 is 0 Å². The van der Waals surface area contributed by atoms with Crippen molar-refractivity contribution >= 4 is 10.9 Å². The predicted molar refractivity (Wildman–Crippen MR) is 118 cm³/mol. The van der Waals surface area contributed by atoms with Gasteiger partial charge in [-0.05, 0) is 97.7 Å². The van der Waals surface area contributed by atoms with Gasteiger partial charge in [0.15, 0.2) is 5.52 Å². The summed E-state index contributed by atoms with van der Waals surface area (Å²) in [4.78, 5) is 4.79. The second-order valence-electron chi connectivity index (χ2n) is 9.67. The molecule has 1 saturated carbocycles. The fourth-order valence-electron chi connectivity index (χ4n) is 4.86. The smallest absolute Gasteiger partial charge is 0.232 e. The Kier molecular flexibility index (Phi) is 4.77. The summed E-state index contributed by atoms with van der Waals surface area (Å²) in [7, 11) is 2.11. The number of rotatable bonds is 2. The Morgan fingerprint density at radius 2 is 1.71 bits per heavy atom. The van der Waals surface area contributed by atoms with Gasteiger partial charge in [-0.1, -0.05) is 31.5 Å². The molecule has 0 spiro atoms. The Morgan fingerprint density at radius 3 is 2.43 bits per heavy atom. The second kappa shape index (κ2) is 6.99. The third kappa shape index (κ3) is 3.45. The van der Waals surface area contributed by atoms with Crippen molar-refractivity contribution in [2.75, 3.05) is 0 Å². The molecule has 4 rings (SSSR count). The Balaban J connectivity index is 1.81. The molecule has 0 bridgehead atoms. The zero-order valence-corrected chi connectivity index (χ0v) is 18.3. The maximum absolute atomic E-state index is 4.79. The molecular weight excluding hydrogens is 340 g/mol. The summed E-state index contributed by atoms with van der Waals surface area (Å²) in [6.07, 6.45) is 7.20. The Hall–Kier alpha value is -2.22. The van der Waals surface area contributed by atoms with Gasteiger partial charge < -0.3 is 0 Å². The minimum atomic E-state index is 0.507. The van der Waals surface area contributed by atoms with Gasteiger partial charge in [0.25, 0.3) is 6.33 Å². The summed E-state index contributed by atoms with van der Waals surface area (Å²) in [6, 6.07) is 11.6. The molecule has 1 aliphatic carbocycles. The van der Waals surface area contributed by atoms with Crippen LogP contribution in [0.1, 0.15) is 67.7 Å². The van der Waals surface area contributed by atoms with Crippen molar-refractivity contribution in [3.05, 3.63) is 58.9 Å².